The van der Waals surface area contributed by atoms with Crippen LogP contribution in [0.1, 0.15) is 41.3 Å². The van der Waals surface area contributed by atoms with Crippen LogP contribution < -0.4 is 25.2 Å². The maximum absolute atomic E-state index is 13.4. The summed E-state index contributed by atoms with van der Waals surface area (Å²) in [5.41, 5.74) is 3.68. The van der Waals surface area contributed by atoms with Crippen molar-refractivity contribution in [3.8, 4) is 17.1 Å². The van der Waals surface area contributed by atoms with Gasteiger partial charge in [-0.1, -0.05) is 12.1 Å². The Morgan fingerprint density at radius 1 is 0.780 bits per heavy atom. The van der Waals surface area contributed by atoms with Crippen LogP contribution in [-0.2, 0) is 20.7 Å². The van der Waals surface area contributed by atoms with Gasteiger partial charge in [0.25, 0.3) is 5.91 Å². The highest BCUT2D eigenvalue weighted by atomic mass is 16.6. The van der Waals surface area contributed by atoms with Crippen LogP contribution in [-0.4, -0.2) is 132 Å². The predicted molar refractivity (Wildman–Crippen MR) is 220 cm³/mol. The maximum atomic E-state index is 13.4. The molecule has 17 nitrogen and oxygen atoms in total. The van der Waals surface area contributed by atoms with Crippen molar-refractivity contribution in [1.29, 1.82) is 0 Å². The first-order valence-corrected chi connectivity index (χ1v) is 19.9. The first kappa shape index (κ1) is 40.9. The Bertz CT molecular complexity index is 2080. The molecule has 4 amide bonds. The van der Waals surface area contributed by atoms with E-state index in [0.717, 1.165) is 5.56 Å². The number of rotatable bonds is 11. The van der Waals surface area contributed by atoms with Gasteiger partial charge in [-0.2, -0.15) is 15.0 Å². The largest absolute Gasteiger partial charge is 0.481 e. The van der Waals surface area contributed by atoms with Crippen LogP contribution in [0.25, 0.3) is 11.4 Å². The van der Waals surface area contributed by atoms with Crippen LogP contribution in [0.4, 0.5) is 32.9 Å². The number of benzene rings is 3. The Kier molecular flexibility index (Phi) is 13.1. The first-order chi connectivity index (χ1) is 28.6. The molecule has 3 N–H and O–H groups in total. The molecule has 7 rings (SSSR count). The van der Waals surface area contributed by atoms with Crippen molar-refractivity contribution >= 4 is 47.3 Å². The molecule has 0 atom stereocenters. The van der Waals surface area contributed by atoms with Crippen LogP contribution in [0.2, 0.25) is 0 Å². The molecule has 0 spiro atoms. The number of piperidine rings is 1. The number of morpholine rings is 2. The van der Waals surface area contributed by atoms with Gasteiger partial charge < -0.3 is 49.6 Å². The van der Waals surface area contributed by atoms with Crippen LogP contribution >= 0.6 is 0 Å². The van der Waals surface area contributed by atoms with Gasteiger partial charge in [-0.15, -0.1) is 0 Å². The number of aromatic nitrogens is 3. The quantitative estimate of drug-likeness (QED) is 0.185. The van der Waals surface area contributed by atoms with Crippen molar-refractivity contribution < 1.29 is 38.5 Å². The molecule has 0 radical (unpaired) electrons. The van der Waals surface area contributed by atoms with Crippen molar-refractivity contribution in [2.24, 2.45) is 0 Å². The highest BCUT2D eigenvalue weighted by Gasteiger charge is 2.31. The summed E-state index contributed by atoms with van der Waals surface area (Å²) in [6.45, 7) is 10.2. The van der Waals surface area contributed by atoms with E-state index in [1.165, 1.54) is 0 Å². The molecule has 310 valence electrons. The van der Waals surface area contributed by atoms with Gasteiger partial charge in [0.1, 0.15) is 5.75 Å². The highest BCUT2D eigenvalue weighted by molar-refractivity contribution is 6.00. The van der Waals surface area contributed by atoms with Crippen molar-refractivity contribution in [3.63, 3.8) is 0 Å². The Hall–Kier alpha value is -6.33. The highest BCUT2D eigenvalue weighted by Crippen LogP contribution is 2.26. The van der Waals surface area contributed by atoms with E-state index < -0.39 is 18.1 Å². The number of nitrogens with one attached hydrogen (secondary N) is 2. The lowest BCUT2D eigenvalue weighted by Gasteiger charge is -2.37. The first-order valence-electron chi connectivity index (χ1n) is 19.9. The monoisotopic (exact) mass is 807 g/mol. The molecule has 4 heterocycles. The molecular weight excluding hydrogens is 759 g/mol. The Morgan fingerprint density at radius 3 is 1.86 bits per heavy atom. The van der Waals surface area contributed by atoms with Gasteiger partial charge >= 0.3 is 18.1 Å². The van der Waals surface area contributed by atoms with Crippen molar-refractivity contribution in [1.82, 2.24) is 24.8 Å². The van der Waals surface area contributed by atoms with Crippen LogP contribution in [0.5, 0.6) is 5.75 Å². The van der Waals surface area contributed by atoms with E-state index in [4.69, 9.17) is 34.3 Å². The third-order valence-corrected chi connectivity index (χ3v) is 10.5. The second kappa shape index (κ2) is 18.9. The van der Waals surface area contributed by atoms with E-state index in [-0.39, 0.29) is 18.4 Å². The van der Waals surface area contributed by atoms with Crippen molar-refractivity contribution in [2.45, 2.75) is 39.2 Å². The molecule has 0 aliphatic carbocycles. The second-order valence-corrected chi connectivity index (χ2v) is 14.5. The molecule has 4 aromatic rings. The minimum absolute atomic E-state index is 0.102. The minimum Gasteiger partial charge on any atom is -0.481 e. The number of nitrogens with zero attached hydrogens (tertiary/aromatic N) is 7. The fraction of sp³-hybridized carbons (Fsp3) is 0.405. The zero-order chi connectivity index (χ0) is 41.3. The number of aliphatic carboxylic acids is 1. The second-order valence-electron chi connectivity index (χ2n) is 14.5. The number of carbonyl (C=O) groups is 4. The van der Waals surface area contributed by atoms with E-state index in [1.54, 1.807) is 71.3 Å². The number of ether oxygens (including phenoxy) is 3. The van der Waals surface area contributed by atoms with E-state index in [2.05, 4.69) is 20.4 Å². The fourth-order valence-electron chi connectivity index (χ4n) is 7.35. The molecular formula is C42H49N9O8. The van der Waals surface area contributed by atoms with Crippen LogP contribution in [0.3, 0.4) is 0 Å². The molecule has 0 bridgehead atoms. The zero-order valence-electron chi connectivity index (χ0n) is 33.3. The average molecular weight is 808 g/mol. The number of urea groups is 1. The molecule has 59 heavy (non-hydrogen) atoms. The number of carbonyl (C=O) groups excluding carboxylic acids is 3. The molecule has 3 aromatic carbocycles. The van der Waals surface area contributed by atoms with Gasteiger partial charge in [0, 0.05) is 74.4 Å². The van der Waals surface area contributed by atoms with Crippen LogP contribution in [0, 0.1) is 6.92 Å². The molecule has 17 heteroatoms. The SMILES string of the molecule is CCN(C(=O)Oc1ccc(CC(=O)O)cc1C)C1CCN(C(=O)c2ccc(NC(=O)Nc3ccc(-c4nc(N5CCOCC5)nc(N5CCOCC5)n4)cc3)cc2)CC1. The molecule has 1 aromatic heterocycles. The Morgan fingerprint density at radius 2 is 1.34 bits per heavy atom. The van der Waals surface area contributed by atoms with Gasteiger partial charge in [0.05, 0.1) is 32.8 Å². The zero-order valence-corrected chi connectivity index (χ0v) is 33.3. The Labute approximate surface area is 342 Å². The van der Waals surface area contributed by atoms with Gasteiger partial charge in [-0.25, -0.2) is 9.59 Å². The van der Waals surface area contributed by atoms with Gasteiger partial charge in [-0.3, -0.25) is 9.59 Å². The number of anilines is 4. The predicted octanol–water partition coefficient (Wildman–Crippen LogP) is 4.92. The van der Waals surface area contributed by atoms with Crippen LogP contribution in [0.15, 0.2) is 66.7 Å². The lowest BCUT2D eigenvalue weighted by Crippen LogP contribution is -2.49. The summed E-state index contributed by atoms with van der Waals surface area (Å²) in [6, 6.07) is 18.5. The number of hydrogen-bond donors (Lipinski definition) is 3. The van der Waals surface area contributed by atoms with E-state index in [1.807, 2.05) is 19.1 Å². The minimum atomic E-state index is -0.930. The standard InChI is InChI=1S/C42H49N9O8/c1-3-51(42(56)59-35-13-4-29(26-28(35)2)27-36(52)53)34-14-16-48(17-15-34)38(54)31-7-11-33(12-8-31)44-41(55)43-32-9-5-30(6-10-32)37-45-39(49-18-22-57-23-19-49)47-40(46-37)50-20-24-58-25-21-50/h4-13,26,34H,3,14-25,27H2,1-2H3,(H,52,53)(H2,43,44,55). The van der Waals surface area contributed by atoms with E-state index in [0.29, 0.717) is 137 Å². The third kappa shape index (κ3) is 10.4. The van der Waals surface area contributed by atoms with Gasteiger partial charge in [0.2, 0.25) is 11.9 Å². The summed E-state index contributed by atoms with van der Waals surface area (Å²) >= 11 is 0. The summed E-state index contributed by atoms with van der Waals surface area (Å²) in [5, 5.41) is 14.7. The number of likely N-dealkylation sites (tertiary alicyclic amines) is 1. The number of aryl methyl sites for hydroxylation is 1. The fourth-order valence-corrected chi connectivity index (χ4v) is 7.35. The number of carboxylic acids is 1. The van der Waals surface area contributed by atoms with E-state index in [9.17, 15) is 19.2 Å². The summed E-state index contributed by atoms with van der Waals surface area (Å²) in [4.78, 5) is 72.6. The smallest absolute Gasteiger partial charge is 0.415 e. The van der Waals surface area contributed by atoms with Crippen molar-refractivity contribution in [3.05, 3.63) is 83.4 Å². The lowest BCUT2D eigenvalue weighted by molar-refractivity contribution is -0.136. The molecule has 3 aliphatic rings. The molecule has 0 saturated carbocycles. The summed E-state index contributed by atoms with van der Waals surface area (Å²) in [5.74, 6) is 1.07. The van der Waals surface area contributed by atoms with E-state index >= 15 is 0 Å². The summed E-state index contributed by atoms with van der Waals surface area (Å²) in [6.07, 6.45) is 0.591. The number of hydrogen-bond acceptors (Lipinski definition) is 12. The maximum Gasteiger partial charge on any atom is 0.415 e. The van der Waals surface area contributed by atoms with Crippen molar-refractivity contribution in [2.75, 3.05) is 92.7 Å². The molecule has 3 aliphatic heterocycles. The molecule has 3 saturated heterocycles. The average Bonchev–Trinajstić information content (AvgIpc) is 3.25. The normalized spacial score (nSPS) is 16.0. The lowest BCUT2D eigenvalue weighted by atomic mass is 10.0. The molecule has 0 unspecified atom stereocenters. The van der Waals surface area contributed by atoms with Gasteiger partial charge in [-0.05, 0) is 92.4 Å². The topological polar surface area (TPSA) is 192 Å². The Balaban J connectivity index is 0.902. The number of carboxylic acid groups (broad SMARTS) is 1. The molecule has 3 fully saturated rings. The van der Waals surface area contributed by atoms with Gasteiger partial charge in [0.15, 0.2) is 5.82 Å². The summed E-state index contributed by atoms with van der Waals surface area (Å²) in [7, 11) is 0. The third-order valence-electron chi connectivity index (χ3n) is 10.5. The summed E-state index contributed by atoms with van der Waals surface area (Å²) < 4.78 is 16.8. The number of amides is 4.